The van der Waals surface area contributed by atoms with Gasteiger partial charge in [0.2, 0.25) is 0 Å². The number of ether oxygens (including phenoxy) is 8. The Kier molecular flexibility index (Phi) is 16.8. The van der Waals surface area contributed by atoms with E-state index in [0.717, 1.165) is 42.2 Å². The number of ketones is 2. The fourth-order valence-corrected chi connectivity index (χ4v) is 6.66. The number of carbonyl (C=O) groups excluding carboxylic acids is 5. The number of cyclic esters (lactones) is 1. The van der Waals surface area contributed by atoms with Crippen LogP contribution >= 0.6 is 0 Å². The van der Waals surface area contributed by atoms with Crippen LogP contribution in [-0.2, 0) is 70.3 Å². The Bertz CT molecular complexity index is 1820. The molecule has 2 aliphatic heterocycles. The van der Waals surface area contributed by atoms with Crippen LogP contribution in [0.1, 0.15) is 42.5 Å². The Morgan fingerprint density at radius 1 is 0.810 bits per heavy atom. The maximum Gasteiger partial charge on any atom is 0.417 e. The lowest BCUT2D eigenvalue weighted by molar-refractivity contribution is -0.319. The second-order valence-corrected chi connectivity index (χ2v) is 13.5. The monoisotopic (exact) mass is 803 g/mol. The Hall–Kier alpha value is -5.13. The maximum absolute atomic E-state index is 13.7. The minimum atomic E-state index is -1.81. The van der Waals surface area contributed by atoms with Gasteiger partial charge < -0.3 is 43.0 Å². The highest BCUT2D eigenvalue weighted by molar-refractivity contribution is 6.05. The van der Waals surface area contributed by atoms with Crippen molar-refractivity contribution < 1.29 is 67.0 Å². The van der Waals surface area contributed by atoms with Crippen LogP contribution < -0.4 is 0 Å². The highest BCUT2D eigenvalue weighted by Gasteiger charge is 2.49. The quantitative estimate of drug-likeness (QED) is 0.0925. The summed E-state index contributed by atoms with van der Waals surface area (Å²) in [7, 11) is 2.58. The van der Waals surface area contributed by atoms with Gasteiger partial charge in [-0.2, -0.15) is 0 Å². The van der Waals surface area contributed by atoms with Gasteiger partial charge in [0.25, 0.3) is 5.91 Å². The van der Waals surface area contributed by atoms with Gasteiger partial charge in [-0.15, -0.1) is 0 Å². The number of carbonyl (C=O) groups is 5. The lowest BCUT2D eigenvalue weighted by atomic mass is 9.98. The normalized spacial score (nSPS) is 23.0. The number of benzene rings is 3. The van der Waals surface area contributed by atoms with Gasteiger partial charge >= 0.3 is 12.1 Å². The van der Waals surface area contributed by atoms with Crippen LogP contribution in [0.2, 0.25) is 0 Å². The molecule has 0 bridgehead atoms. The predicted molar refractivity (Wildman–Crippen MR) is 205 cm³/mol. The summed E-state index contributed by atoms with van der Waals surface area (Å²) in [5, 5.41) is 10.3. The van der Waals surface area contributed by atoms with Crippen molar-refractivity contribution in [1.82, 2.24) is 4.90 Å². The van der Waals surface area contributed by atoms with E-state index in [9.17, 15) is 29.1 Å². The molecule has 3 aromatic carbocycles. The highest BCUT2D eigenvalue weighted by Crippen LogP contribution is 2.31. The first-order valence-electron chi connectivity index (χ1n) is 18.9. The molecule has 8 atom stereocenters. The van der Waals surface area contributed by atoms with Gasteiger partial charge in [-0.3, -0.25) is 19.2 Å². The molecule has 0 unspecified atom stereocenters. The van der Waals surface area contributed by atoms with Crippen LogP contribution in [0.3, 0.4) is 0 Å². The standard InChI is InChI=1S/C43H49NO14/c1-28(46)57-36(39(51-2)41(49)44-33(27-56-43(44)50)31-18-11-6-12-19-31)34(48)22-21-32(47)20-13-23-53-40-38(55-26-30-16-9-5-10-17-30)37(35(24-45)58-42(40)52-3)54-25-29-14-7-4-8-15-29/h4-12,14-19,21-22,33,35-40,42,45H,13,20,23-27H2,1-3H3/t33-,35-,36-,37-,38+,39+,40+,42+/m1/s1. The third-order valence-corrected chi connectivity index (χ3v) is 9.53. The van der Waals surface area contributed by atoms with Crippen LogP contribution in [0, 0.1) is 0 Å². The van der Waals surface area contributed by atoms with E-state index in [1.54, 1.807) is 30.3 Å². The zero-order valence-electron chi connectivity index (χ0n) is 32.6. The number of esters is 1. The Balaban J connectivity index is 1.22. The summed E-state index contributed by atoms with van der Waals surface area (Å²) in [5.74, 6) is -3.22. The summed E-state index contributed by atoms with van der Waals surface area (Å²) in [5.41, 5.74) is 2.42. The van der Waals surface area contributed by atoms with Gasteiger partial charge in [-0.05, 0) is 35.3 Å². The van der Waals surface area contributed by atoms with Gasteiger partial charge in [0.15, 0.2) is 30.1 Å². The number of methoxy groups -OCH3 is 2. The summed E-state index contributed by atoms with van der Waals surface area (Å²) in [4.78, 5) is 65.6. The number of aliphatic hydroxyl groups is 1. The van der Waals surface area contributed by atoms with Crippen LogP contribution in [0.15, 0.2) is 103 Å². The first-order valence-corrected chi connectivity index (χ1v) is 18.9. The Labute approximate surface area is 336 Å². The molecule has 0 radical (unpaired) electrons. The number of rotatable bonds is 21. The molecule has 310 valence electrons. The lowest BCUT2D eigenvalue weighted by Crippen LogP contribution is -2.61. The van der Waals surface area contributed by atoms with Crippen LogP contribution in [-0.4, -0.2) is 116 Å². The third kappa shape index (κ3) is 11.7. The number of nitrogens with zero attached hydrogens (tertiary/aromatic N) is 1. The van der Waals surface area contributed by atoms with Crippen molar-refractivity contribution in [1.29, 1.82) is 0 Å². The van der Waals surface area contributed by atoms with E-state index in [0.29, 0.717) is 5.56 Å². The first-order chi connectivity index (χ1) is 28.1. The maximum atomic E-state index is 13.7. The van der Waals surface area contributed by atoms with Crippen LogP contribution in [0.4, 0.5) is 4.79 Å². The zero-order valence-corrected chi connectivity index (χ0v) is 32.6. The minimum absolute atomic E-state index is 0.0483. The molecule has 2 fully saturated rings. The average molecular weight is 804 g/mol. The Morgan fingerprint density at radius 3 is 1.98 bits per heavy atom. The van der Waals surface area contributed by atoms with Crippen molar-refractivity contribution in [3.8, 4) is 0 Å². The highest BCUT2D eigenvalue weighted by atomic mass is 16.7. The topological polar surface area (TPSA) is 183 Å². The first kappa shape index (κ1) is 44.0. The number of imide groups is 1. The fraction of sp³-hybridized carbons (Fsp3) is 0.419. The molecule has 5 rings (SSSR count). The molecule has 3 aromatic rings. The molecule has 15 nitrogen and oxygen atoms in total. The summed E-state index contributed by atoms with van der Waals surface area (Å²) in [6.45, 7) is 1.04. The molecular weight excluding hydrogens is 754 g/mol. The summed E-state index contributed by atoms with van der Waals surface area (Å²) in [6, 6.07) is 26.9. The molecule has 0 spiro atoms. The van der Waals surface area contributed by atoms with Crippen LogP contribution in [0.25, 0.3) is 0 Å². The molecule has 2 amide bonds. The number of allylic oxidation sites excluding steroid dienone is 1. The van der Waals surface area contributed by atoms with Gasteiger partial charge in [0, 0.05) is 34.2 Å². The molecule has 2 heterocycles. The number of aliphatic hydroxyl groups excluding tert-OH is 1. The number of hydrogen-bond donors (Lipinski definition) is 1. The van der Waals surface area contributed by atoms with E-state index in [1.165, 1.54) is 7.11 Å². The molecule has 0 aliphatic carbocycles. The molecule has 2 saturated heterocycles. The van der Waals surface area contributed by atoms with Crippen molar-refractivity contribution in [2.75, 3.05) is 34.0 Å². The average Bonchev–Trinajstić information content (AvgIpc) is 3.64. The van der Waals surface area contributed by atoms with E-state index in [1.807, 2.05) is 60.7 Å². The largest absolute Gasteiger partial charge is 0.451 e. The second kappa shape index (κ2) is 22.1. The minimum Gasteiger partial charge on any atom is -0.451 e. The number of amides is 2. The van der Waals surface area contributed by atoms with E-state index in [-0.39, 0.29) is 45.9 Å². The third-order valence-electron chi connectivity index (χ3n) is 9.53. The van der Waals surface area contributed by atoms with Crippen molar-refractivity contribution in [2.45, 2.75) is 81.9 Å². The summed E-state index contributed by atoms with van der Waals surface area (Å²) >= 11 is 0. The lowest BCUT2D eigenvalue weighted by Gasteiger charge is -2.45. The predicted octanol–water partition coefficient (Wildman–Crippen LogP) is 4.05. The van der Waals surface area contributed by atoms with Crippen LogP contribution in [0.5, 0.6) is 0 Å². The molecule has 1 N–H and O–H groups in total. The molecule has 0 aromatic heterocycles. The van der Waals surface area contributed by atoms with E-state index in [2.05, 4.69) is 0 Å². The molecule has 15 heteroatoms. The molecular formula is C43H49NO14. The Morgan fingerprint density at radius 2 is 1.41 bits per heavy atom. The van der Waals surface area contributed by atoms with E-state index >= 15 is 0 Å². The summed E-state index contributed by atoms with van der Waals surface area (Å²) in [6.07, 6.45) is -6.49. The van der Waals surface area contributed by atoms with Crippen molar-refractivity contribution >= 4 is 29.5 Å². The van der Waals surface area contributed by atoms with Gasteiger partial charge in [0.1, 0.15) is 37.1 Å². The van der Waals surface area contributed by atoms with Crippen molar-refractivity contribution in [2.24, 2.45) is 0 Å². The van der Waals surface area contributed by atoms with Crippen molar-refractivity contribution in [3.05, 3.63) is 120 Å². The van der Waals surface area contributed by atoms with E-state index < -0.39 is 78.5 Å². The van der Waals surface area contributed by atoms with E-state index in [4.69, 9.17) is 37.9 Å². The second-order valence-electron chi connectivity index (χ2n) is 13.5. The van der Waals surface area contributed by atoms with Gasteiger partial charge in [-0.1, -0.05) is 91.0 Å². The molecule has 58 heavy (non-hydrogen) atoms. The van der Waals surface area contributed by atoms with Gasteiger partial charge in [-0.25, -0.2) is 9.69 Å². The molecule has 0 saturated carbocycles. The smallest absolute Gasteiger partial charge is 0.417 e. The molecule has 2 aliphatic rings. The van der Waals surface area contributed by atoms with Gasteiger partial charge in [0.05, 0.1) is 19.8 Å². The fourth-order valence-electron chi connectivity index (χ4n) is 6.66. The van der Waals surface area contributed by atoms with Crippen molar-refractivity contribution in [3.63, 3.8) is 0 Å². The number of hydrogen-bond acceptors (Lipinski definition) is 14. The SMILES string of the molecule is CO[C@H]1O[C@H](CO)[C@@H](OCc2ccccc2)[C@H](OCc2ccccc2)[C@@H]1OCCCC(=O)C=CC(=O)[C@@H](OC(C)=O)[C@H](OC)C(=O)N1C(=O)OC[C@@H]1c1ccccc1. The summed E-state index contributed by atoms with van der Waals surface area (Å²) < 4.78 is 46.4. The zero-order chi connectivity index (χ0) is 41.4.